The molecule has 0 amide bonds. The van der Waals surface area contributed by atoms with Crippen molar-refractivity contribution in [2.45, 2.75) is 64.8 Å². The minimum atomic E-state index is -3.01. The quantitative estimate of drug-likeness (QED) is 0.303. The number of rotatable bonds is 11. The number of unbranched alkanes of at least 4 members (excludes halogenated alkanes) is 2. The van der Waals surface area contributed by atoms with E-state index < -0.39 is 5.92 Å². The molecule has 4 rings (SSSR count). The van der Waals surface area contributed by atoms with Gasteiger partial charge in [0.1, 0.15) is 5.82 Å². The van der Waals surface area contributed by atoms with Crippen LogP contribution in [0.3, 0.4) is 0 Å². The third kappa shape index (κ3) is 5.52. The summed E-state index contributed by atoms with van der Waals surface area (Å²) >= 11 is 0. The third-order valence-electron chi connectivity index (χ3n) is 5.89. The molecule has 2 aromatic carbocycles. The Labute approximate surface area is 197 Å². The molecule has 0 saturated heterocycles. The first-order chi connectivity index (χ1) is 16.5. The number of alkyl halides is 2. The highest BCUT2D eigenvalue weighted by Crippen LogP contribution is 2.29. The molecule has 0 bridgehead atoms. The Kier molecular flexibility index (Phi) is 7.40. The lowest BCUT2D eigenvalue weighted by molar-refractivity contribution is -0.0177. The molecule has 2 aromatic heterocycles. The number of nitrogens with one attached hydrogen (secondary N) is 1. The van der Waals surface area contributed by atoms with Crippen molar-refractivity contribution in [3.8, 4) is 11.4 Å². The lowest BCUT2D eigenvalue weighted by Gasteiger charge is -2.10. The molecule has 0 aliphatic rings. The maximum Gasteiger partial charge on any atom is 0.308 e. The maximum atomic E-state index is 14.2. The predicted octanol–water partition coefficient (Wildman–Crippen LogP) is 5.33. The Bertz CT molecular complexity index is 1180. The number of hydrogen-bond donors (Lipinski definition) is 1. The highest BCUT2D eigenvalue weighted by molar-refractivity contribution is 5.60. The van der Waals surface area contributed by atoms with Crippen molar-refractivity contribution in [2.75, 3.05) is 0 Å². The van der Waals surface area contributed by atoms with Crippen molar-refractivity contribution in [1.82, 2.24) is 35.4 Å². The maximum absolute atomic E-state index is 14.2. The molecule has 0 aliphatic carbocycles. The summed E-state index contributed by atoms with van der Waals surface area (Å²) in [4.78, 5) is 4.21. The van der Waals surface area contributed by atoms with Crippen LogP contribution in [0, 0.1) is 0 Å². The summed E-state index contributed by atoms with van der Waals surface area (Å²) in [5.74, 6) is -2.14. The molecule has 4 aromatic rings. The van der Waals surface area contributed by atoms with Crippen LogP contribution in [0.4, 0.5) is 8.78 Å². The van der Waals surface area contributed by atoms with Gasteiger partial charge < -0.3 is 0 Å². The molecule has 0 saturated carbocycles. The number of halogens is 2. The Morgan fingerprint density at radius 3 is 2.44 bits per heavy atom. The molecule has 0 aliphatic heterocycles. The minimum absolute atomic E-state index is 0.314. The van der Waals surface area contributed by atoms with Gasteiger partial charge in [-0.1, -0.05) is 75.2 Å². The van der Waals surface area contributed by atoms with Gasteiger partial charge in [0.25, 0.3) is 0 Å². The van der Waals surface area contributed by atoms with Gasteiger partial charge in [0.2, 0.25) is 5.82 Å². The lowest BCUT2D eigenvalue weighted by atomic mass is 9.98. The molecule has 1 N–H and O–H groups in total. The van der Waals surface area contributed by atoms with E-state index in [2.05, 4.69) is 55.8 Å². The molecule has 178 valence electrons. The highest BCUT2D eigenvalue weighted by Gasteiger charge is 2.35. The average Bonchev–Trinajstić information content (AvgIpc) is 3.52. The molecule has 0 atom stereocenters. The number of benzene rings is 2. The number of aryl methyl sites for hydroxylation is 1. The van der Waals surface area contributed by atoms with Crippen LogP contribution in [0.5, 0.6) is 0 Å². The topological polar surface area (TPSA) is 85.2 Å². The summed E-state index contributed by atoms with van der Waals surface area (Å²) in [6, 6.07) is 16.1. The van der Waals surface area contributed by atoms with Crippen molar-refractivity contribution in [2.24, 2.45) is 0 Å². The van der Waals surface area contributed by atoms with Crippen molar-refractivity contribution in [1.29, 1.82) is 0 Å². The number of tetrazole rings is 1. The second-order valence-electron chi connectivity index (χ2n) is 8.42. The first kappa shape index (κ1) is 23.7. The summed E-state index contributed by atoms with van der Waals surface area (Å²) < 4.78 is 30.1. The van der Waals surface area contributed by atoms with Gasteiger partial charge in [-0.05, 0) is 40.0 Å². The number of aromatic nitrogens is 7. The van der Waals surface area contributed by atoms with Crippen molar-refractivity contribution >= 4 is 0 Å². The fraction of sp³-hybridized carbons (Fsp3) is 0.400. The zero-order chi connectivity index (χ0) is 24.0. The van der Waals surface area contributed by atoms with E-state index in [0.717, 1.165) is 47.9 Å². The zero-order valence-electron chi connectivity index (χ0n) is 19.5. The largest absolute Gasteiger partial charge is 0.308 e. The van der Waals surface area contributed by atoms with Crippen LogP contribution in [0.2, 0.25) is 0 Å². The molecule has 0 unspecified atom stereocenters. The number of nitrogens with zero attached hydrogens (tertiary/aromatic N) is 6. The Morgan fingerprint density at radius 2 is 1.74 bits per heavy atom. The second kappa shape index (κ2) is 10.6. The number of H-pyrrole nitrogens is 1. The van der Waals surface area contributed by atoms with E-state index in [1.807, 2.05) is 30.3 Å². The summed E-state index contributed by atoms with van der Waals surface area (Å²) in [7, 11) is 0. The first-order valence-electron chi connectivity index (χ1n) is 11.7. The predicted molar refractivity (Wildman–Crippen MR) is 125 cm³/mol. The van der Waals surface area contributed by atoms with Gasteiger partial charge in [-0.2, -0.15) is 8.78 Å². The van der Waals surface area contributed by atoms with E-state index in [1.165, 1.54) is 6.92 Å². The molecule has 7 nitrogen and oxygen atoms in total. The van der Waals surface area contributed by atoms with Gasteiger partial charge in [0.05, 0.1) is 6.54 Å². The van der Waals surface area contributed by atoms with Crippen LogP contribution in [-0.2, 0) is 25.3 Å². The molecule has 0 radical (unpaired) electrons. The van der Waals surface area contributed by atoms with Gasteiger partial charge in [-0.25, -0.2) is 14.8 Å². The van der Waals surface area contributed by atoms with Crippen LogP contribution in [0.1, 0.15) is 67.9 Å². The monoisotopic (exact) mass is 465 g/mol. The Morgan fingerprint density at radius 1 is 0.971 bits per heavy atom. The zero-order valence-corrected chi connectivity index (χ0v) is 19.5. The van der Waals surface area contributed by atoms with Crippen LogP contribution in [0.15, 0.2) is 48.5 Å². The molecule has 34 heavy (non-hydrogen) atoms. The molecule has 0 spiro atoms. The fourth-order valence-corrected chi connectivity index (χ4v) is 3.87. The molecule has 2 heterocycles. The lowest BCUT2D eigenvalue weighted by Crippen LogP contribution is -2.14. The summed E-state index contributed by atoms with van der Waals surface area (Å²) in [6.07, 6.45) is 4.05. The summed E-state index contributed by atoms with van der Waals surface area (Å²) in [6.45, 7) is 3.98. The van der Waals surface area contributed by atoms with Crippen LogP contribution < -0.4 is 0 Å². The van der Waals surface area contributed by atoms with Gasteiger partial charge in [0.15, 0.2) is 5.82 Å². The van der Waals surface area contributed by atoms with Gasteiger partial charge in [-0.15, -0.1) is 10.2 Å². The van der Waals surface area contributed by atoms with Crippen LogP contribution in [0.25, 0.3) is 11.4 Å². The molecule has 9 heteroatoms. The summed E-state index contributed by atoms with van der Waals surface area (Å²) in [5.41, 5.74) is 4.18. The van der Waals surface area contributed by atoms with Crippen molar-refractivity contribution in [3.63, 3.8) is 0 Å². The van der Waals surface area contributed by atoms with Gasteiger partial charge >= 0.3 is 5.92 Å². The van der Waals surface area contributed by atoms with E-state index in [1.54, 1.807) is 4.68 Å². The van der Waals surface area contributed by atoms with Crippen molar-refractivity contribution in [3.05, 3.63) is 76.9 Å². The van der Waals surface area contributed by atoms with E-state index in [9.17, 15) is 8.78 Å². The summed E-state index contributed by atoms with van der Waals surface area (Å²) in [5, 5.41) is 18.4. The SMILES string of the molecule is CCCCCc1nc(C(F)(F)CC)nn1Cc1ccc(Cc2ccccc2-c2nnn[nH]2)cc1. The molecular formula is C25H29F2N7. The van der Waals surface area contributed by atoms with E-state index in [-0.39, 0.29) is 12.2 Å². The Balaban J connectivity index is 1.51. The fourth-order valence-electron chi connectivity index (χ4n) is 3.87. The molecule has 0 fully saturated rings. The minimum Gasteiger partial charge on any atom is -0.245 e. The van der Waals surface area contributed by atoms with E-state index in [0.29, 0.717) is 24.6 Å². The standard InChI is InChI=1S/C25H29F2N7/c1-3-5-6-11-22-28-24(25(26,27)4-2)31-34(22)17-19-14-12-18(13-15-19)16-20-9-7-8-10-21(20)23-29-32-33-30-23/h7-10,12-15H,3-6,11,16-17H2,1-2H3,(H,29,30,32,33). The van der Waals surface area contributed by atoms with Gasteiger partial charge in [-0.3, -0.25) is 0 Å². The molecular weight excluding hydrogens is 436 g/mol. The second-order valence-corrected chi connectivity index (χ2v) is 8.42. The normalized spacial score (nSPS) is 11.8. The van der Waals surface area contributed by atoms with Crippen molar-refractivity contribution < 1.29 is 8.78 Å². The highest BCUT2D eigenvalue weighted by atomic mass is 19.3. The number of hydrogen-bond acceptors (Lipinski definition) is 5. The Hall–Kier alpha value is -3.49. The van der Waals surface area contributed by atoms with E-state index in [4.69, 9.17) is 0 Å². The smallest absolute Gasteiger partial charge is 0.245 e. The van der Waals surface area contributed by atoms with Gasteiger partial charge in [0, 0.05) is 18.4 Å². The first-order valence-corrected chi connectivity index (χ1v) is 11.7. The average molecular weight is 466 g/mol. The van der Waals surface area contributed by atoms with Crippen LogP contribution >= 0.6 is 0 Å². The third-order valence-corrected chi connectivity index (χ3v) is 5.89. The van der Waals surface area contributed by atoms with Crippen LogP contribution in [-0.4, -0.2) is 35.4 Å². The number of aromatic amines is 1. The van der Waals surface area contributed by atoms with E-state index >= 15 is 0 Å².